The van der Waals surface area contributed by atoms with Crippen molar-refractivity contribution in [2.24, 2.45) is 5.92 Å². The maximum Gasteiger partial charge on any atom is 0.307 e. The summed E-state index contributed by atoms with van der Waals surface area (Å²) in [6.45, 7) is 3.56. The lowest BCUT2D eigenvalue weighted by Gasteiger charge is -2.16. The summed E-state index contributed by atoms with van der Waals surface area (Å²) >= 11 is 7.46. The molecule has 0 aromatic heterocycles. The zero-order chi connectivity index (χ0) is 12.3. The molecule has 5 heteroatoms. The number of nitrogen functional groups attached to an aromatic ring is 1. The van der Waals surface area contributed by atoms with Crippen LogP contribution < -0.4 is 5.73 Å². The van der Waals surface area contributed by atoms with Gasteiger partial charge in [0.05, 0.1) is 10.9 Å². The topological polar surface area (TPSA) is 63.3 Å². The Bertz CT molecular complexity index is 398. The summed E-state index contributed by atoms with van der Waals surface area (Å²) in [4.78, 5) is 11.7. The number of carboxylic acid groups (broad SMARTS) is 1. The van der Waals surface area contributed by atoms with E-state index in [1.54, 1.807) is 19.1 Å². The second-order valence-corrected chi connectivity index (χ2v) is 5.47. The van der Waals surface area contributed by atoms with Crippen LogP contribution in [0.2, 0.25) is 5.02 Å². The van der Waals surface area contributed by atoms with Gasteiger partial charge < -0.3 is 10.8 Å². The van der Waals surface area contributed by atoms with Gasteiger partial charge in [-0.05, 0) is 18.2 Å². The second-order valence-electron chi connectivity index (χ2n) is 3.64. The molecule has 3 N–H and O–H groups in total. The van der Waals surface area contributed by atoms with Crippen molar-refractivity contribution >= 4 is 35.0 Å². The van der Waals surface area contributed by atoms with Gasteiger partial charge in [0.15, 0.2) is 0 Å². The second kappa shape index (κ2) is 5.46. The maximum absolute atomic E-state index is 10.8. The van der Waals surface area contributed by atoms with Gasteiger partial charge in [-0.25, -0.2) is 0 Å². The molecule has 0 spiro atoms. The number of thioether (sulfide) groups is 1. The van der Waals surface area contributed by atoms with E-state index < -0.39 is 11.9 Å². The van der Waals surface area contributed by atoms with Crippen molar-refractivity contribution in [2.75, 3.05) is 5.73 Å². The average molecular weight is 260 g/mol. The third kappa shape index (κ3) is 3.32. The molecule has 0 saturated heterocycles. The van der Waals surface area contributed by atoms with Gasteiger partial charge in [0.25, 0.3) is 0 Å². The Kier molecular flexibility index (Phi) is 4.50. The fraction of sp³-hybridized carbons (Fsp3) is 0.364. The van der Waals surface area contributed by atoms with Gasteiger partial charge in [-0.2, -0.15) is 0 Å². The lowest BCUT2D eigenvalue weighted by molar-refractivity contribution is -0.140. The molecule has 0 heterocycles. The Hall–Kier alpha value is -0.870. The first-order valence-electron chi connectivity index (χ1n) is 4.86. The molecule has 1 aromatic carbocycles. The van der Waals surface area contributed by atoms with E-state index in [9.17, 15) is 4.79 Å². The van der Waals surface area contributed by atoms with Crippen LogP contribution in [0, 0.1) is 5.92 Å². The van der Waals surface area contributed by atoms with E-state index in [2.05, 4.69) is 0 Å². The summed E-state index contributed by atoms with van der Waals surface area (Å²) < 4.78 is 0. The highest BCUT2D eigenvalue weighted by Crippen LogP contribution is 2.34. The molecule has 88 valence electrons. The highest BCUT2D eigenvalue weighted by atomic mass is 35.5. The summed E-state index contributed by atoms with van der Waals surface area (Å²) in [5.41, 5.74) is 6.18. The van der Waals surface area contributed by atoms with E-state index in [0.29, 0.717) is 10.7 Å². The van der Waals surface area contributed by atoms with Gasteiger partial charge in [-0.1, -0.05) is 25.4 Å². The lowest BCUT2D eigenvalue weighted by Crippen LogP contribution is -2.19. The molecule has 2 unspecified atom stereocenters. The number of carboxylic acids is 1. The van der Waals surface area contributed by atoms with Crippen molar-refractivity contribution < 1.29 is 9.90 Å². The van der Waals surface area contributed by atoms with Gasteiger partial charge in [-0.15, -0.1) is 11.8 Å². The van der Waals surface area contributed by atoms with Crippen LogP contribution in [-0.2, 0) is 4.79 Å². The molecular weight excluding hydrogens is 246 g/mol. The largest absolute Gasteiger partial charge is 0.481 e. The summed E-state index contributed by atoms with van der Waals surface area (Å²) in [7, 11) is 0. The minimum atomic E-state index is -0.799. The quantitative estimate of drug-likeness (QED) is 0.644. The normalized spacial score (nSPS) is 14.4. The molecule has 0 saturated carbocycles. The zero-order valence-electron chi connectivity index (χ0n) is 9.11. The summed E-state index contributed by atoms with van der Waals surface area (Å²) in [5, 5.41) is 9.40. The van der Waals surface area contributed by atoms with Crippen LogP contribution in [0.5, 0.6) is 0 Å². The molecule has 1 aromatic rings. The molecule has 0 fully saturated rings. The van der Waals surface area contributed by atoms with Crippen LogP contribution in [0.4, 0.5) is 5.69 Å². The van der Waals surface area contributed by atoms with Crippen molar-refractivity contribution in [2.45, 2.75) is 24.0 Å². The van der Waals surface area contributed by atoms with Gasteiger partial charge >= 0.3 is 5.97 Å². The number of anilines is 1. The third-order valence-corrected chi connectivity index (χ3v) is 4.18. The Balaban J connectivity index is 2.77. The van der Waals surface area contributed by atoms with Crippen LogP contribution in [0.25, 0.3) is 0 Å². The van der Waals surface area contributed by atoms with E-state index >= 15 is 0 Å². The standard InChI is InChI=1S/C11H14ClNO2S/c1-6(11(14)15)7(2)16-10-4-3-8(13)5-9(10)12/h3-7H,13H2,1-2H3,(H,14,15). The van der Waals surface area contributed by atoms with Gasteiger partial charge in [0.1, 0.15) is 0 Å². The van der Waals surface area contributed by atoms with Crippen LogP contribution in [0.1, 0.15) is 13.8 Å². The highest BCUT2D eigenvalue weighted by Gasteiger charge is 2.21. The monoisotopic (exact) mass is 259 g/mol. The minimum Gasteiger partial charge on any atom is -0.481 e. The van der Waals surface area contributed by atoms with E-state index in [4.69, 9.17) is 22.4 Å². The van der Waals surface area contributed by atoms with Crippen LogP contribution in [0.15, 0.2) is 23.1 Å². The number of hydrogen-bond acceptors (Lipinski definition) is 3. The van der Waals surface area contributed by atoms with Crippen molar-refractivity contribution in [3.05, 3.63) is 23.2 Å². The zero-order valence-corrected chi connectivity index (χ0v) is 10.7. The van der Waals surface area contributed by atoms with Crippen molar-refractivity contribution in [3.63, 3.8) is 0 Å². The summed E-state index contributed by atoms with van der Waals surface area (Å²) in [5.74, 6) is -1.22. The number of halogens is 1. The van der Waals surface area contributed by atoms with E-state index in [-0.39, 0.29) is 5.25 Å². The van der Waals surface area contributed by atoms with Gasteiger partial charge in [-0.3, -0.25) is 4.79 Å². The maximum atomic E-state index is 10.8. The Morgan fingerprint density at radius 3 is 2.62 bits per heavy atom. The summed E-state index contributed by atoms with van der Waals surface area (Å²) in [6.07, 6.45) is 0. The first-order valence-corrected chi connectivity index (χ1v) is 6.12. The van der Waals surface area contributed by atoms with Crippen molar-refractivity contribution in [1.29, 1.82) is 0 Å². The lowest BCUT2D eigenvalue weighted by atomic mass is 10.1. The third-order valence-electron chi connectivity index (χ3n) is 2.36. The number of hydrogen-bond donors (Lipinski definition) is 2. The number of benzene rings is 1. The summed E-state index contributed by atoms with van der Waals surface area (Å²) in [6, 6.07) is 5.24. The molecule has 0 amide bonds. The fourth-order valence-corrected chi connectivity index (χ4v) is 2.48. The Morgan fingerprint density at radius 2 is 2.12 bits per heavy atom. The molecule has 16 heavy (non-hydrogen) atoms. The molecule has 0 bridgehead atoms. The van der Waals surface area contributed by atoms with Crippen molar-refractivity contribution in [1.82, 2.24) is 0 Å². The van der Waals surface area contributed by atoms with Gasteiger partial charge in [0.2, 0.25) is 0 Å². The number of rotatable bonds is 4. The average Bonchev–Trinajstić information content (AvgIpc) is 2.20. The van der Waals surface area contributed by atoms with Crippen LogP contribution >= 0.6 is 23.4 Å². The van der Waals surface area contributed by atoms with E-state index in [0.717, 1.165) is 4.90 Å². The Morgan fingerprint density at radius 1 is 1.50 bits per heavy atom. The Labute approximate surface area is 104 Å². The molecular formula is C11H14ClNO2S. The molecule has 3 nitrogen and oxygen atoms in total. The highest BCUT2D eigenvalue weighted by molar-refractivity contribution is 8.00. The SMILES string of the molecule is CC(Sc1ccc(N)cc1Cl)C(C)C(=O)O. The van der Waals surface area contributed by atoms with Crippen LogP contribution in [-0.4, -0.2) is 16.3 Å². The molecule has 2 atom stereocenters. The predicted molar refractivity (Wildman–Crippen MR) is 68.0 cm³/mol. The number of nitrogens with two attached hydrogens (primary N) is 1. The molecule has 0 aliphatic carbocycles. The molecule has 0 aliphatic rings. The van der Waals surface area contributed by atoms with Gasteiger partial charge in [0, 0.05) is 15.8 Å². The molecule has 0 radical (unpaired) electrons. The first-order chi connectivity index (χ1) is 7.41. The fourth-order valence-electron chi connectivity index (χ4n) is 1.12. The van der Waals surface area contributed by atoms with E-state index in [1.165, 1.54) is 11.8 Å². The smallest absolute Gasteiger partial charge is 0.307 e. The van der Waals surface area contributed by atoms with Crippen molar-refractivity contribution in [3.8, 4) is 0 Å². The predicted octanol–water partition coefficient (Wildman–Crippen LogP) is 3.12. The number of carbonyl (C=O) groups is 1. The molecule has 0 aliphatic heterocycles. The number of aliphatic carboxylic acids is 1. The first kappa shape index (κ1) is 13.2. The minimum absolute atomic E-state index is 0.0429. The van der Waals surface area contributed by atoms with E-state index in [1.807, 2.05) is 13.0 Å². The van der Waals surface area contributed by atoms with Crippen LogP contribution in [0.3, 0.4) is 0 Å². The molecule has 1 rings (SSSR count).